The summed E-state index contributed by atoms with van der Waals surface area (Å²) in [7, 11) is -4.33. The minimum atomic E-state index is -4.33. The molecule has 0 saturated carbocycles. The van der Waals surface area contributed by atoms with E-state index in [9.17, 15) is 18.3 Å². The number of aromatic amines is 1. The van der Waals surface area contributed by atoms with Gasteiger partial charge in [-0.05, 0) is 61.2 Å². The number of hydrogen-bond donors (Lipinski definition) is 2. The smallest absolute Gasteiger partial charge is 0.328 e. The lowest BCUT2D eigenvalue weighted by molar-refractivity contribution is -0.140. The van der Waals surface area contributed by atoms with Crippen LogP contribution in [0.5, 0.6) is 0 Å². The molecule has 166 valence electrons. The highest BCUT2D eigenvalue weighted by molar-refractivity contribution is 7.93. The predicted molar refractivity (Wildman–Crippen MR) is 125 cm³/mol. The summed E-state index contributed by atoms with van der Waals surface area (Å²) in [6, 6.07) is 7.61. The molecular weight excluding hydrogens is 459 g/mol. The fourth-order valence-electron chi connectivity index (χ4n) is 3.63. The Labute approximate surface area is 191 Å². The number of carboxylic acids is 1. The molecule has 0 amide bonds. The predicted octanol–water partition coefficient (Wildman–Crippen LogP) is 5.79. The van der Waals surface area contributed by atoms with Crippen LogP contribution in [0.3, 0.4) is 0 Å². The molecule has 3 aromatic rings. The molecule has 2 N–H and O–H groups in total. The molecule has 1 heterocycles. The van der Waals surface area contributed by atoms with E-state index in [1.165, 1.54) is 18.2 Å². The van der Waals surface area contributed by atoms with Crippen molar-refractivity contribution in [3.8, 4) is 0 Å². The topological polar surface area (TPSA) is 90.5 Å². The number of H-pyrrole nitrogens is 1. The van der Waals surface area contributed by atoms with Crippen LogP contribution in [0, 0.1) is 19.3 Å². The van der Waals surface area contributed by atoms with E-state index >= 15 is 0 Å². The average molecular weight is 483 g/mol. The van der Waals surface area contributed by atoms with Gasteiger partial charge in [-0.2, -0.15) is 0 Å². The number of fused-ring (bicyclic) bond motifs is 1. The SMILES string of the molecule is Cc1[nH]c2ccc(N(C(C(=O)O)C(C)(C)C)S(=O)(=O)c3cc(Cl)cc(Cl)c3)cc2c1C. The number of aryl methyl sites for hydroxylation is 2. The number of aromatic nitrogens is 1. The van der Waals surface area contributed by atoms with Gasteiger partial charge in [0.1, 0.15) is 6.04 Å². The number of anilines is 1. The van der Waals surface area contributed by atoms with E-state index in [0.29, 0.717) is 0 Å². The summed E-state index contributed by atoms with van der Waals surface area (Å²) >= 11 is 12.1. The monoisotopic (exact) mass is 482 g/mol. The third kappa shape index (κ3) is 4.40. The second-order valence-corrected chi connectivity index (χ2v) is 11.3. The number of sulfonamides is 1. The highest BCUT2D eigenvalue weighted by atomic mass is 35.5. The Kier molecular flexibility index (Phi) is 6.08. The summed E-state index contributed by atoms with van der Waals surface area (Å²) in [5.74, 6) is -1.26. The maximum Gasteiger partial charge on any atom is 0.328 e. The molecule has 0 fully saturated rings. The number of nitrogens with one attached hydrogen (secondary N) is 1. The summed E-state index contributed by atoms with van der Waals surface area (Å²) in [5, 5.41) is 11.2. The van der Waals surface area contributed by atoms with Gasteiger partial charge in [-0.1, -0.05) is 44.0 Å². The summed E-state index contributed by atoms with van der Waals surface area (Å²) in [4.78, 5) is 15.4. The van der Waals surface area contributed by atoms with Gasteiger partial charge in [-0.3, -0.25) is 4.31 Å². The molecule has 31 heavy (non-hydrogen) atoms. The Morgan fingerprint density at radius 2 is 1.65 bits per heavy atom. The average Bonchev–Trinajstić information content (AvgIpc) is 2.91. The molecule has 1 aromatic heterocycles. The highest BCUT2D eigenvalue weighted by Crippen LogP contribution is 2.37. The van der Waals surface area contributed by atoms with Crippen molar-refractivity contribution < 1.29 is 18.3 Å². The summed E-state index contributed by atoms with van der Waals surface area (Å²) in [6.07, 6.45) is 0. The van der Waals surface area contributed by atoms with Crippen LogP contribution >= 0.6 is 23.2 Å². The summed E-state index contributed by atoms with van der Waals surface area (Å²) in [5.41, 5.74) is 2.08. The van der Waals surface area contributed by atoms with E-state index in [0.717, 1.165) is 26.5 Å². The zero-order valence-electron chi connectivity index (χ0n) is 17.8. The van der Waals surface area contributed by atoms with Crippen LogP contribution in [0.2, 0.25) is 10.0 Å². The van der Waals surface area contributed by atoms with Crippen molar-refractivity contribution in [3.05, 3.63) is 57.7 Å². The minimum absolute atomic E-state index is 0.140. The Morgan fingerprint density at radius 3 is 2.16 bits per heavy atom. The lowest BCUT2D eigenvalue weighted by Gasteiger charge is -2.37. The molecule has 0 aliphatic rings. The zero-order valence-corrected chi connectivity index (χ0v) is 20.2. The van der Waals surface area contributed by atoms with Crippen LogP contribution in [0.15, 0.2) is 41.3 Å². The number of nitrogens with zero attached hydrogens (tertiary/aromatic N) is 1. The zero-order chi connectivity index (χ0) is 23.3. The number of carboxylic acid groups (broad SMARTS) is 1. The molecule has 0 saturated heterocycles. The number of carbonyl (C=O) groups is 1. The van der Waals surface area contributed by atoms with Crippen molar-refractivity contribution in [1.29, 1.82) is 0 Å². The number of benzene rings is 2. The highest BCUT2D eigenvalue weighted by Gasteiger charge is 2.43. The molecule has 3 rings (SSSR count). The first kappa shape index (κ1) is 23.4. The van der Waals surface area contributed by atoms with Crippen LogP contribution in [-0.2, 0) is 14.8 Å². The van der Waals surface area contributed by atoms with Crippen LogP contribution in [-0.4, -0.2) is 30.5 Å². The third-order valence-electron chi connectivity index (χ3n) is 5.23. The van der Waals surface area contributed by atoms with Crippen molar-refractivity contribution in [2.24, 2.45) is 5.41 Å². The molecule has 9 heteroatoms. The molecule has 1 atom stereocenters. The normalized spacial score (nSPS) is 13.4. The standard InChI is InChI=1S/C22H24Cl2N2O4S/c1-12-13(2)25-19-7-6-16(11-18(12)19)26(20(21(27)28)22(3,4)5)31(29,30)17-9-14(23)8-15(24)10-17/h6-11,20,25H,1-5H3,(H,27,28). The van der Waals surface area contributed by atoms with Crippen molar-refractivity contribution in [1.82, 2.24) is 4.98 Å². The Hall–Kier alpha value is -2.22. The van der Waals surface area contributed by atoms with Crippen molar-refractivity contribution in [2.45, 2.75) is 45.6 Å². The van der Waals surface area contributed by atoms with Gasteiger partial charge in [0, 0.05) is 26.6 Å². The van der Waals surface area contributed by atoms with Gasteiger partial charge >= 0.3 is 5.97 Å². The van der Waals surface area contributed by atoms with E-state index < -0.39 is 27.4 Å². The van der Waals surface area contributed by atoms with Crippen LogP contribution in [0.25, 0.3) is 10.9 Å². The first-order valence-electron chi connectivity index (χ1n) is 9.55. The lowest BCUT2D eigenvalue weighted by Crippen LogP contribution is -2.52. The number of rotatable bonds is 5. The van der Waals surface area contributed by atoms with Crippen molar-refractivity contribution in [3.63, 3.8) is 0 Å². The van der Waals surface area contributed by atoms with Gasteiger partial charge in [0.15, 0.2) is 0 Å². The molecule has 0 aliphatic heterocycles. The minimum Gasteiger partial charge on any atom is -0.480 e. The van der Waals surface area contributed by atoms with Gasteiger partial charge < -0.3 is 10.1 Å². The second-order valence-electron chi connectivity index (χ2n) is 8.62. The Morgan fingerprint density at radius 1 is 1.06 bits per heavy atom. The first-order chi connectivity index (χ1) is 14.2. The van der Waals surface area contributed by atoms with Gasteiger partial charge in [0.2, 0.25) is 0 Å². The molecule has 1 unspecified atom stereocenters. The van der Waals surface area contributed by atoms with Crippen LogP contribution in [0.1, 0.15) is 32.0 Å². The fourth-order valence-corrected chi connectivity index (χ4v) is 6.14. The number of aliphatic carboxylic acids is 1. The van der Waals surface area contributed by atoms with Crippen molar-refractivity contribution >= 4 is 55.8 Å². The van der Waals surface area contributed by atoms with Gasteiger partial charge in [0.05, 0.1) is 10.6 Å². The number of halogens is 2. The Bertz CT molecular complexity index is 1260. The maximum atomic E-state index is 13.8. The molecule has 0 bridgehead atoms. The summed E-state index contributed by atoms with van der Waals surface area (Å²) in [6.45, 7) is 8.90. The van der Waals surface area contributed by atoms with E-state index in [1.807, 2.05) is 13.8 Å². The lowest BCUT2D eigenvalue weighted by atomic mass is 9.86. The maximum absolute atomic E-state index is 13.8. The van der Waals surface area contributed by atoms with E-state index in [-0.39, 0.29) is 20.6 Å². The summed E-state index contributed by atoms with van der Waals surface area (Å²) < 4.78 is 28.5. The van der Waals surface area contributed by atoms with E-state index in [4.69, 9.17) is 23.2 Å². The molecule has 6 nitrogen and oxygen atoms in total. The second kappa shape index (κ2) is 8.04. The van der Waals surface area contributed by atoms with Crippen LogP contribution < -0.4 is 4.31 Å². The van der Waals surface area contributed by atoms with Gasteiger partial charge in [0.25, 0.3) is 10.0 Å². The fraction of sp³-hybridized carbons (Fsp3) is 0.318. The molecule has 0 aliphatic carbocycles. The van der Waals surface area contributed by atoms with Gasteiger partial charge in [-0.15, -0.1) is 0 Å². The number of hydrogen-bond acceptors (Lipinski definition) is 3. The van der Waals surface area contributed by atoms with Gasteiger partial charge in [-0.25, -0.2) is 13.2 Å². The van der Waals surface area contributed by atoms with E-state index in [2.05, 4.69) is 4.98 Å². The molecule has 0 radical (unpaired) electrons. The largest absolute Gasteiger partial charge is 0.480 e. The Balaban J connectivity index is 2.34. The molecular formula is C22H24Cl2N2O4S. The third-order valence-corrected chi connectivity index (χ3v) is 7.44. The van der Waals surface area contributed by atoms with Crippen LogP contribution in [0.4, 0.5) is 5.69 Å². The molecule has 0 spiro atoms. The van der Waals surface area contributed by atoms with Crippen molar-refractivity contribution in [2.75, 3.05) is 4.31 Å². The van der Waals surface area contributed by atoms with E-state index in [1.54, 1.807) is 39.0 Å². The quantitative estimate of drug-likeness (QED) is 0.481. The first-order valence-corrected chi connectivity index (χ1v) is 11.8. The molecule has 2 aromatic carbocycles.